The second kappa shape index (κ2) is 10.1. The van der Waals surface area contributed by atoms with Crippen molar-refractivity contribution in [1.82, 2.24) is 9.62 Å². The molecule has 27 heavy (non-hydrogen) atoms. The number of likely N-dealkylation sites (tertiary alicyclic amines) is 1. The summed E-state index contributed by atoms with van der Waals surface area (Å²) in [6.45, 7) is 2.63. The number of benzene rings is 2. The van der Waals surface area contributed by atoms with E-state index in [1.54, 1.807) is 12.1 Å². The fourth-order valence-electron chi connectivity index (χ4n) is 3.60. The standard InChI is InChI=1S/C21H28FN3OS/c22-21-11-5-4-7-17(21)15-18(23)12-14-25-13-6-8-19(25)16-24-27(26)20-9-2-1-3-10-20/h1-5,7,9-11,18-19,24H,6,8,12-16,23H2/t18-,19-,27?/m0/s1. The highest BCUT2D eigenvalue weighted by atomic mass is 32.2. The minimum Gasteiger partial charge on any atom is -0.327 e. The number of nitrogens with one attached hydrogen (secondary N) is 1. The molecule has 1 unspecified atom stereocenters. The van der Waals surface area contributed by atoms with E-state index >= 15 is 0 Å². The predicted octanol–water partition coefficient (Wildman–Crippen LogP) is 2.86. The van der Waals surface area contributed by atoms with Crippen LogP contribution in [0.5, 0.6) is 0 Å². The first-order valence-electron chi connectivity index (χ1n) is 9.57. The van der Waals surface area contributed by atoms with E-state index in [2.05, 4.69) is 9.62 Å². The van der Waals surface area contributed by atoms with Gasteiger partial charge in [-0.3, -0.25) is 4.90 Å². The van der Waals surface area contributed by atoms with Crippen molar-refractivity contribution in [2.24, 2.45) is 5.73 Å². The third-order valence-corrected chi connectivity index (χ3v) is 6.26. The molecule has 0 saturated carbocycles. The van der Waals surface area contributed by atoms with Gasteiger partial charge in [-0.05, 0) is 62.5 Å². The van der Waals surface area contributed by atoms with Crippen molar-refractivity contribution >= 4 is 11.0 Å². The third-order valence-electron chi connectivity index (χ3n) is 5.13. The molecule has 1 fully saturated rings. The first-order valence-corrected chi connectivity index (χ1v) is 10.7. The van der Waals surface area contributed by atoms with Crippen molar-refractivity contribution < 1.29 is 8.60 Å². The van der Waals surface area contributed by atoms with Gasteiger partial charge in [0.1, 0.15) is 16.8 Å². The van der Waals surface area contributed by atoms with Crippen LogP contribution in [0, 0.1) is 5.82 Å². The van der Waals surface area contributed by atoms with Gasteiger partial charge in [-0.15, -0.1) is 0 Å². The summed E-state index contributed by atoms with van der Waals surface area (Å²) < 4.78 is 29.3. The number of nitrogens with zero attached hydrogens (tertiary/aromatic N) is 1. The average molecular weight is 390 g/mol. The second-order valence-corrected chi connectivity index (χ2v) is 8.40. The predicted molar refractivity (Wildman–Crippen MR) is 108 cm³/mol. The summed E-state index contributed by atoms with van der Waals surface area (Å²) in [7, 11) is -1.18. The van der Waals surface area contributed by atoms with E-state index in [4.69, 9.17) is 5.73 Å². The monoisotopic (exact) mass is 389 g/mol. The molecule has 1 saturated heterocycles. The topological polar surface area (TPSA) is 58.4 Å². The third kappa shape index (κ3) is 5.94. The van der Waals surface area contributed by atoms with Crippen LogP contribution >= 0.6 is 0 Å². The highest BCUT2D eigenvalue weighted by molar-refractivity contribution is 7.83. The van der Waals surface area contributed by atoms with Crippen LogP contribution in [0.1, 0.15) is 24.8 Å². The lowest BCUT2D eigenvalue weighted by atomic mass is 10.0. The van der Waals surface area contributed by atoms with E-state index in [1.807, 2.05) is 36.4 Å². The van der Waals surface area contributed by atoms with Crippen molar-refractivity contribution in [3.8, 4) is 0 Å². The summed E-state index contributed by atoms with van der Waals surface area (Å²) in [6.07, 6.45) is 3.63. The van der Waals surface area contributed by atoms with Gasteiger partial charge in [-0.1, -0.05) is 36.4 Å². The maximum absolute atomic E-state index is 13.8. The van der Waals surface area contributed by atoms with Crippen LogP contribution in [0.3, 0.4) is 0 Å². The van der Waals surface area contributed by atoms with Crippen LogP contribution < -0.4 is 10.5 Å². The van der Waals surface area contributed by atoms with Gasteiger partial charge in [0.15, 0.2) is 0 Å². The van der Waals surface area contributed by atoms with Crippen molar-refractivity contribution in [1.29, 1.82) is 0 Å². The number of halogens is 1. The fourth-order valence-corrected chi connectivity index (χ4v) is 4.51. The van der Waals surface area contributed by atoms with Crippen LogP contribution in [0.15, 0.2) is 59.5 Å². The zero-order chi connectivity index (χ0) is 19.1. The summed E-state index contributed by atoms with van der Waals surface area (Å²) in [4.78, 5) is 3.21. The van der Waals surface area contributed by atoms with Gasteiger partial charge < -0.3 is 5.73 Å². The molecule has 1 aliphatic heterocycles. The Hall–Kier alpha value is -1.60. The lowest BCUT2D eigenvalue weighted by molar-refractivity contribution is 0.245. The van der Waals surface area contributed by atoms with Crippen LogP contribution in [0.4, 0.5) is 4.39 Å². The first-order chi connectivity index (χ1) is 13.1. The van der Waals surface area contributed by atoms with E-state index in [0.717, 1.165) is 37.2 Å². The summed E-state index contributed by atoms with van der Waals surface area (Å²) >= 11 is 0. The Morgan fingerprint density at radius 1 is 1.19 bits per heavy atom. The van der Waals surface area contributed by atoms with E-state index in [1.165, 1.54) is 6.07 Å². The van der Waals surface area contributed by atoms with Crippen LogP contribution in [-0.4, -0.2) is 40.8 Å². The summed E-state index contributed by atoms with van der Waals surface area (Å²) in [5.41, 5.74) is 6.92. The smallest absolute Gasteiger partial charge is 0.126 e. The zero-order valence-corrected chi connectivity index (χ0v) is 16.3. The molecule has 4 nitrogen and oxygen atoms in total. The number of rotatable bonds is 9. The van der Waals surface area contributed by atoms with Crippen LogP contribution in [0.2, 0.25) is 0 Å². The molecule has 0 spiro atoms. The lowest BCUT2D eigenvalue weighted by Crippen LogP contribution is -2.40. The molecule has 3 rings (SSSR count). The largest absolute Gasteiger partial charge is 0.327 e. The quantitative estimate of drug-likeness (QED) is 0.693. The van der Waals surface area contributed by atoms with Crippen molar-refractivity contribution in [3.05, 3.63) is 66.0 Å². The number of nitrogens with two attached hydrogens (primary N) is 1. The van der Waals surface area contributed by atoms with Crippen molar-refractivity contribution in [2.45, 2.75) is 42.7 Å². The van der Waals surface area contributed by atoms with Gasteiger partial charge in [0.25, 0.3) is 0 Å². The van der Waals surface area contributed by atoms with Gasteiger partial charge in [-0.25, -0.2) is 13.3 Å². The molecular weight excluding hydrogens is 361 g/mol. The van der Waals surface area contributed by atoms with E-state index in [-0.39, 0.29) is 11.9 Å². The molecule has 0 aliphatic carbocycles. The van der Waals surface area contributed by atoms with Gasteiger partial charge in [0.05, 0.1) is 4.90 Å². The normalized spacial score (nSPS) is 19.9. The Balaban J connectivity index is 1.44. The maximum Gasteiger partial charge on any atom is 0.126 e. The Bertz CT molecular complexity index is 743. The molecule has 3 atom stereocenters. The molecule has 2 aromatic rings. The van der Waals surface area contributed by atoms with Gasteiger partial charge in [-0.2, -0.15) is 0 Å². The molecule has 0 aromatic heterocycles. The van der Waals surface area contributed by atoms with Gasteiger partial charge in [0.2, 0.25) is 0 Å². The highest BCUT2D eigenvalue weighted by Crippen LogP contribution is 2.18. The molecule has 3 N–H and O–H groups in total. The lowest BCUT2D eigenvalue weighted by Gasteiger charge is -2.26. The average Bonchev–Trinajstić information content (AvgIpc) is 3.14. The molecule has 2 aromatic carbocycles. The Labute approximate surface area is 163 Å². The van der Waals surface area contributed by atoms with Crippen LogP contribution in [0.25, 0.3) is 0 Å². The Morgan fingerprint density at radius 3 is 2.70 bits per heavy atom. The Morgan fingerprint density at radius 2 is 1.93 bits per heavy atom. The number of hydrogen-bond donors (Lipinski definition) is 2. The minimum absolute atomic E-state index is 0.0606. The highest BCUT2D eigenvalue weighted by Gasteiger charge is 2.25. The molecule has 1 heterocycles. The van der Waals surface area contributed by atoms with Gasteiger partial charge >= 0.3 is 0 Å². The molecule has 146 valence electrons. The number of hydrogen-bond acceptors (Lipinski definition) is 3. The Kier molecular flexibility index (Phi) is 7.52. The second-order valence-electron chi connectivity index (χ2n) is 7.11. The fraction of sp³-hybridized carbons (Fsp3) is 0.429. The van der Waals surface area contributed by atoms with Crippen LogP contribution in [-0.2, 0) is 17.4 Å². The summed E-state index contributed by atoms with van der Waals surface area (Å²) in [6, 6.07) is 16.6. The molecule has 1 aliphatic rings. The van der Waals surface area contributed by atoms with Gasteiger partial charge in [0, 0.05) is 18.6 Å². The molecule has 0 radical (unpaired) electrons. The van der Waals surface area contributed by atoms with E-state index in [0.29, 0.717) is 24.6 Å². The zero-order valence-electron chi connectivity index (χ0n) is 15.5. The first kappa shape index (κ1) is 20.1. The molecular formula is C21H28FN3OS. The SMILES string of the molecule is N[C@@H](CCN1CCC[C@H]1CNS(=O)c1ccccc1)Cc1ccccc1F. The van der Waals surface area contributed by atoms with Crippen molar-refractivity contribution in [2.75, 3.05) is 19.6 Å². The molecule has 0 bridgehead atoms. The minimum atomic E-state index is -1.18. The van der Waals surface area contributed by atoms with Crippen molar-refractivity contribution in [3.63, 3.8) is 0 Å². The van der Waals surface area contributed by atoms with E-state index < -0.39 is 11.0 Å². The summed E-state index contributed by atoms with van der Waals surface area (Å²) in [5.74, 6) is -0.181. The maximum atomic E-state index is 13.8. The molecule has 0 amide bonds. The van der Waals surface area contributed by atoms with E-state index in [9.17, 15) is 8.60 Å². The molecule has 6 heteroatoms. The summed E-state index contributed by atoms with van der Waals surface area (Å²) in [5, 5.41) is 0.